The second kappa shape index (κ2) is 13.0. The molecule has 12 nitrogen and oxygen atoms in total. The van der Waals surface area contributed by atoms with E-state index < -0.39 is 5.60 Å². The number of benzene rings is 1. The van der Waals surface area contributed by atoms with Crippen LogP contribution < -0.4 is 15.7 Å². The minimum absolute atomic E-state index is 0.145. The van der Waals surface area contributed by atoms with Gasteiger partial charge in [-0.15, -0.1) is 0 Å². The van der Waals surface area contributed by atoms with Crippen LogP contribution in [0.2, 0.25) is 0 Å². The van der Waals surface area contributed by atoms with Crippen LogP contribution in [-0.4, -0.2) is 81.1 Å². The Labute approximate surface area is 268 Å². The predicted molar refractivity (Wildman–Crippen MR) is 175 cm³/mol. The maximum absolute atomic E-state index is 12.4. The first-order valence-electron chi connectivity index (χ1n) is 16.3. The number of hydrogen-bond acceptors (Lipinski definition) is 10. The van der Waals surface area contributed by atoms with Crippen LogP contribution in [0, 0.1) is 0 Å². The molecule has 3 aromatic heterocycles. The summed E-state index contributed by atoms with van der Waals surface area (Å²) in [5.41, 5.74) is 6.11. The lowest BCUT2D eigenvalue weighted by Crippen LogP contribution is -2.49. The van der Waals surface area contributed by atoms with Gasteiger partial charge in [0.2, 0.25) is 5.95 Å². The fraction of sp³-hybridized carbons (Fsp3) is 0.471. The van der Waals surface area contributed by atoms with Crippen LogP contribution in [0.5, 0.6) is 0 Å². The molecule has 3 N–H and O–H groups in total. The highest BCUT2D eigenvalue weighted by molar-refractivity contribution is 5.80. The lowest BCUT2D eigenvalue weighted by Gasteiger charge is -2.35. The summed E-state index contributed by atoms with van der Waals surface area (Å²) >= 11 is 0. The Kier molecular flexibility index (Phi) is 8.60. The van der Waals surface area contributed by atoms with Crippen LogP contribution in [0.4, 0.5) is 17.3 Å². The van der Waals surface area contributed by atoms with Crippen molar-refractivity contribution in [3.63, 3.8) is 0 Å². The number of pyridine rings is 1. The molecular formula is C34H42N8O4. The van der Waals surface area contributed by atoms with E-state index in [1.54, 1.807) is 13.8 Å². The van der Waals surface area contributed by atoms with E-state index in [1.807, 2.05) is 36.5 Å². The molecule has 2 saturated heterocycles. The zero-order valence-corrected chi connectivity index (χ0v) is 26.5. The number of amides is 1. The second-order valence-corrected chi connectivity index (χ2v) is 13.0. The van der Waals surface area contributed by atoms with Crippen molar-refractivity contribution in [2.45, 2.75) is 63.8 Å². The number of aliphatic hydroxyl groups is 1. The van der Waals surface area contributed by atoms with Crippen molar-refractivity contribution in [3.05, 3.63) is 66.1 Å². The monoisotopic (exact) mass is 626 g/mol. The number of piperazine rings is 1. The summed E-state index contributed by atoms with van der Waals surface area (Å²) < 4.78 is 7.62. The summed E-state index contributed by atoms with van der Waals surface area (Å²) in [6.45, 7) is 7.71. The van der Waals surface area contributed by atoms with Gasteiger partial charge in [0, 0.05) is 67.9 Å². The zero-order valence-electron chi connectivity index (χ0n) is 26.5. The molecule has 46 heavy (non-hydrogen) atoms. The van der Waals surface area contributed by atoms with Crippen molar-refractivity contribution in [2.24, 2.45) is 0 Å². The number of hydrogen-bond donors (Lipinski definition) is 3. The summed E-state index contributed by atoms with van der Waals surface area (Å²) in [5.74, 6) is 1.58. The molecule has 12 heteroatoms. The summed E-state index contributed by atoms with van der Waals surface area (Å²) in [6, 6.07) is 16.2. The van der Waals surface area contributed by atoms with E-state index in [1.165, 1.54) is 5.69 Å². The lowest BCUT2D eigenvalue weighted by atomic mass is 10.1. The molecule has 1 atom stereocenters. The minimum atomic E-state index is -1.05. The van der Waals surface area contributed by atoms with Gasteiger partial charge in [-0.3, -0.25) is 14.3 Å². The minimum Gasteiger partial charge on any atom is -0.384 e. The van der Waals surface area contributed by atoms with E-state index >= 15 is 0 Å². The van der Waals surface area contributed by atoms with E-state index in [0.29, 0.717) is 30.7 Å². The smallest absolute Gasteiger partial charge is 0.257 e. The van der Waals surface area contributed by atoms with E-state index in [0.717, 1.165) is 86.5 Å². The maximum Gasteiger partial charge on any atom is 0.257 e. The number of hydroxylamine groups is 1. The highest BCUT2D eigenvalue weighted by Crippen LogP contribution is 2.43. The Morgan fingerprint density at radius 3 is 2.57 bits per heavy atom. The third-order valence-electron chi connectivity index (χ3n) is 8.83. The Morgan fingerprint density at radius 2 is 1.85 bits per heavy atom. The number of rotatable bonds is 10. The number of carbonyl (C=O) groups excluding carboxylic acids is 1. The first kappa shape index (κ1) is 30.5. The molecule has 242 valence electrons. The summed E-state index contributed by atoms with van der Waals surface area (Å²) in [6.07, 6.45) is 6.70. The molecule has 1 saturated carbocycles. The van der Waals surface area contributed by atoms with Crippen molar-refractivity contribution in [1.82, 2.24) is 29.9 Å². The number of anilines is 3. The standard InChI is InChI=1S/C34H42N8O4/c1-34(2,44)28-6-5-7-29(37-28)42-27(23-9-10-23)20-24-21-35-33(38-32(24)42)36-25-11-13-26(14-12-25)41-17-15-40(16-18-41)22-30(43)39-46-31-8-3-4-19-45-31/h5-7,11-14,20-21,23,31,44H,3-4,8-10,15-19,22H2,1-2H3,(H,39,43)(H,35,36,38). The van der Waals surface area contributed by atoms with Gasteiger partial charge in [0.1, 0.15) is 11.4 Å². The highest BCUT2D eigenvalue weighted by atomic mass is 16.8. The van der Waals surface area contributed by atoms with E-state index in [9.17, 15) is 9.90 Å². The fourth-order valence-corrected chi connectivity index (χ4v) is 6.10. The Morgan fingerprint density at radius 1 is 1.04 bits per heavy atom. The van der Waals surface area contributed by atoms with Crippen molar-refractivity contribution in [2.75, 3.05) is 49.5 Å². The maximum atomic E-state index is 12.4. The molecule has 5 heterocycles. The first-order chi connectivity index (χ1) is 22.3. The fourth-order valence-electron chi connectivity index (χ4n) is 6.10. The van der Waals surface area contributed by atoms with Crippen LogP contribution in [-0.2, 0) is 20.0 Å². The van der Waals surface area contributed by atoms with Crippen LogP contribution in [0.1, 0.15) is 63.3 Å². The molecule has 1 unspecified atom stereocenters. The largest absolute Gasteiger partial charge is 0.384 e. The molecule has 1 aromatic carbocycles. The van der Waals surface area contributed by atoms with Gasteiger partial charge >= 0.3 is 0 Å². The average Bonchev–Trinajstić information content (AvgIpc) is 3.85. The molecule has 7 rings (SSSR count). The van der Waals surface area contributed by atoms with Gasteiger partial charge in [-0.25, -0.2) is 20.3 Å². The summed E-state index contributed by atoms with van der Waals surface area (Å²) in [4.78, 5) is 36.6. The van der Waals surface area contributed by atoms with Gasteiger partial charge in [-0.05, 0) is 87.9 Å². The van der Waals surface area contributed by atoms with E-state index in [4.69, 9.17) is 19.5 Å². The number of aromatic nitrogens is 4. The summed E-state index contributed by atoms with van der Waals surface area (Å²) in [5, 5.41) is 14.9. The van der Waals surface area contributed by atoms with E-state index in [-0.39, 0.29) is 12.2 Å². The molecular weight excluding hydrogens is 584 g/mol. The number of ether oxygens (including phenoxy) is 1. The van der Waals surface area contributed by atoms with Crippen molar-refractivity contribution >= 4 is 34.3 Å². The molecule has 2 aliphatic heterocycles. The van der Waals surface area contributed by atoms with Gasteiger partial charge in [-0.1, -0.05) is 6.07 Å². The highest BCUT2D eigenvalue weighted by Gasteiger charge is 2.30. The van der Waals surface area contributed by atoms with E-state index in [2.05, 4.69) is 48.3 Å². The topological polar surface area (TPSA) is 130 Å². The van der Waals surface area contributed by atoms with Crippen LogP contribution >= 0.6 is 0 Å². The van der Waals surface area contributed by atoms with Gasteiger partial charge in [0.25, 0.3) is 5.91 Å². The molecule has 0 radical (unpaired) electrons. The van der Waals surface area contributed by atoms with Gasteiger partial charge in [-0.2, -0.15) is 4.98 Å². The molecule has 0 spiro atoms. The van der Waals surface area contributed by atoms with Crippen molar-refractivity contribution in [3.8, 4) is 5.82 Å². The number of carbonyl (C=O) groups is 1. The van der Waals surface area contributed by atoms with Gasteiger partial charge < -0.3 is 20.1 Å². The normalized spacial score (nSPS) is 19.4. The molecule has 4 aromatic rings. The van der Waals surface area contributed by atoms with Gasteiger partial charge in [0.05, 0.1) is 12.2 Å². The summed E-state index contributed by atoms with van der Waals surface area (Å²) in [7, 11) is 0. The quantitative estimate of drug-likeness (QED) is 0.218. The molecule has 1 amide bonds. The Bertz CT molecular complexity index is 1670. The molecule has 1 aliphatic carbocycles. The molecule has 3 aliphatic rings. The second-order valence-electron chi connectivity index (χ2n) is 13.0. The zero-order chi connectivity index (χ0) is 31.7. The SMILES string of the molecule is CC(C)(O)c1cccc(-n2c(C3CC3)cc3cnc(Nc4ccc(N5CCN(CC(=O)NOC6CCCCO6)CC5)cc4)nc32)n1. The van der Waals surface area contributed by atoms with Crippen LogP contribution in [0.3, 0.4) is 0 Å². The first-order valence-corrected chi connectivity index (χ1v) is 16.3. The third kappa shape index (κ3) is 7.00. The Hall–Kier alpha value is -4.10. The number of nitrogens with one attached hydrogen (secondary N) is 2. The van der Waals surface area contributed by atoms with Crippen LogP contribution in [0.15, 0.2) is 54.7 Å². The number of fused-ring (bicyclic) bond motifs is 1. The number of nitrogens with zero attached hydrogens (tertiary/aromatic N) is 6. The third-order valence-corrected chi connectivity index (χ3v) is 8.83. The molecule has 0 bridgehead atoms. The predicted octanol–water partition coefficient (Wildman–Crippen LogP) is 4.36. The van der Waals surface area contributed by atoms with Crippen molar-refractivity contribution < 1.29 is 19.5 Å². The average molecular weight is 627 g/mol. The molecule has 3 fully saturated rings. The van der Waals surface area contributed by atoms with Crippen molar-refractivity contribution in [1.29, 1.82) is 0 Å². The van der Waals surface area contributed by atoms with Gasteiger partial charge in [0.15, 0.2) is 11.9 Å². The van der Waals surface area contributed by atoms with Crippen LogP contribution in [0.25, 0.3) is 16.9 Å². The Balaban J connectivity index is 0.985. The lowest BCUT2D eigenvalue weighted by molar-refractivity contribution is -0.200.